The molecule has 1 N–H and O–H groups in total. The van der Waals surface area contributed by atoms with Gasteiger partial charge in [-0.1, -0.05) is 19.1 Å². The van der Waals surface area contributed by atoms with Crippen LogP contribution < -0.4 is 10.1 Å². The highest BCUT2D eigenvalue weighted by Gasteiger charge is 2.29. The van der Waals surface area contributed by atoms with E-state index in [1.807, 2.05) is 12.1 Å². The van der Waals surface area contributed by atoms with E-state index in [4.69, 9.17) is 4.74 Å². The summed E-state index contributed by atoms with van der Waals surface area (Å²) < 4.78 is 5.24. The molecule has 2 rings (SSSR count). The monoisotopic (exact) mass is 276 g/mol. The lowest BCUT2D eigenvalue weighted by atomic mass is 9.99. The summed E-state index contributed by atoms with van der Waals surface area (Å²) in [4.78, 5) is 2.60. The highest BCUT2D eigenvalue weighted by Crippen LogP contribution is 2.32. The van der Waals surface area contributed by atoms with Crippen LogP contribution >= 0.6 is 0 Å². The maximum absolute atomic E-state index is 5.24. The molecule has 2 atom stereocenters. The molecule has 0 heterocycles. The van der Waals surface area contributed by atoms with Crippen LogP contribution in [0.15, 0.2) is 24.3 Å². The van der Waals surface area contributed by atoms with Gasteiger partial charge < -0.3 is 10.1 Å². The summed E-state index contributed by atoms with van der Waals surface area (Å²) in [5.41, 5.74) is 1.33. The number of nitrogens with one attached hydrogen (secondary N) is 1. The van der Waals surface area contributed by atoms with Gasteiger partial charge in [0.2, 0.25) is 0 Å². The smallest absolute Gasteiger partial charge is 0.118 e. The minimum atomic E-state index is 0.361. The molecule has 1 saturated carbocycles. The Bertz CT molecular complexity index is 400. The van der Waals surface area contributed by atoms with E-state index < -0.39 is 0 Å². The third-order valence-electron chi connectivity index (χ3n) is 4.44. The number of rotatable bonds is 8. The molecule has 1 aromatic carbocycles. The summed E-state index contributed by atoms with van der Waals surface area (Å²) in [6, 6.07) is 9.29. The second kappa shape index (κ2) is 7.09. The molecule has 0 amide bonds. The Morgan fingerprint density at radius 2 is 1.95 bits per heavy atom. The molecule has 0 spiro atoms. The van der Waals surface area contributed by atoms with E-state index in [2.05, 4.69) is 43.2 Å². The van der Waals surface area contributed by atoms with Crippen molar-refractivity contribution in [2.75, 3.05) is 27.2 Å². The van der Waals surface area contributed by atoms with Gasteiger partial charge in [0.1, 0.15) is 5.75 Å². The summed E-state index contributed by atoms with van der Waals surface area (Å²) in [6.07, 6.45) is 2.83. The Morgan fingerprint density at radius 3 is 2.40 bits per heavy atom. The number of nitrogens with zero attached hydrogens (tertiary/aromatic N) is 1. The molecule has 1 fully saturated rings. The summed E-state index contributed by atoms with van der Waals surface area (Å²) >= 11 is 0. The van der Waals surface area contributed by atoms with Gasteiger partial charge in [-0.2, -0.15) is 0 Å². The third kappa shape index (κ3) is 3.74. The van der Waals surface area contributed by atoms with Gasteiger partial charge in [0.25, 0.3) is 0 Å². The molecule has 1 aliphatic rings. The maximum Gasteiger partial charge on any atom is 0.118 e. The van der Waals surface area contributed by atoms with E-state index in [0.29, 0.717) is 12.1 Å². The van der Waals surface area contributed by atoms with Crippen molar-refractivity contribution in [2.45, 2.75) is 38.8 Å². The van der Waals surface area contributed by atoms with Gasteiger partial charge in [0.15, 0.2) is 0 Å². The minimum Gasteiger partial charge on any atom is -0.497 e. The lowest BCUT2D eigenvalue weighted by Gasteiger charge is -2.34. The molecule has 0 bridgehead atoms. The zero-order valence-corrected chi connectivity index (χ0v) is 13.2. The topological polar surface area (TPSA) is 24.5 Å². The number of methoxy groups -OCH3 is 1. The van der Waals surface area contributed by atoms with Crippen molar-refractivity contribution in [3.05, 3.63) is 29.8 Å². The number of hydrogen-bond acceptors (Lipinski definition) is 3. The fourth-order valence-electron chi connectivity index (χ4n) is 2.92. The predicted octanol–water partition coefficient (Wildman–Crippen LogP) is 3.08. The average Bonchev–Trinajstić information content (AvgIpc) is 3.30. The van der Waals surface area contributed by atoms with E-state index in [9.17, 15) is 0 Å². The second-order valence-electron chi connectivity index (χ2n) is 5.81. The van der Waals surface area contributed by atoms with Gasteiger partial charge >= 0.3 is 0 Å². The van der Waals surface area contributed by atoms with Gasteiger partial charge in [0, 0.05) is 18.6 Å². The van der Waals surface area contributed by atoms with Crippen molar-refractivity contribution >= 4 is 0 Å². The molecule has 1 aromatic rings. The van der Waals surface area contributed by atoms with Crippen molar-refractivity contribution in [3.63, 3.8) is 0 Å². The minimum absolute atomic E-state index is 0.361. The van der Waals surface area contributed by atoms with E-state index in [-0.39, 0.29) is 0 Å². The molecule has 1 aliphatic carbocycles. The number of ether oxygens (including phenoxy) is 1. The maximum atomic E-state index is 5.24. The SMILES string of the molecule is CCN(CC1CC1)C(C)C(NC)c1ccc(OC)cc1. The Labute approximate surface area is 123 Å². The summed E-state index contributed by atoms with van der Waals surface area (Å²) in [5.74, 6) is 1.85. The predicted molar refractivity (Wildman–Crippen MR) is 84.2 cm³/mol. The first-order valence-corrected chi connectivity index (χ1v) is 7.74. The second-order valence-corrected chi connectivity index (χ2v) is 5.81. The molecule has 3 nitrogen and oxygen atoms in total. The molecular weight excluding hydrogens is 248 g/mol. The van der Waals surface area contributed by atoms with Crippen LogP contribution in [0, 0.1) is 5.92 Å². The summed E-state index contributed by atoms with van der Waals surface area (Å²) in [5, 5.41) is 3.48. The Balaban J connectivity index is 2.07. The first kappa shape index (κ1) is 15.3. The van der Waals surface area contributed by atoms with E-state index >= 15 is 0 Å². The summed E-state index contributed by atoms with van der Waals surface area (Å²) in [6.45, 7) is 6.95. The standard InChI is InChI=1S/C17H28N2O/c1-5-19(12-14-6-7-14)13(2)17(18-3)15-8-10-16(20-4)11-9-15/h8-11,13-14,17-18H,5-7,12H2,1-4H3. The molecule has 0 aliphatic heterocycles. The molecular formula is C17H28N2O. The van der Waals surface area contributed by atoms with Gasteiger partial charge in [-0.05, 0) is 57.0 Å². The zero-order chi connectivity index (χ0) is 14.5. The van der Waals surface area contributed by atoms with Crippen LogP contribution in [0.5, 0.6) is 5.75 Å². The van der Waals surface area contributed by atoms with E-state index in [1.54, 1.807) is 7.11 Å². The molecule has 0 saturated heterocycles. The Hall–Kier alpha value is -1.06. The molecule has 0 aromatic heterocycles. The van der Waals surface area contributed by atoms with Crippen LogP contribution in [0.2, 0.25) is 0 Å². The van der Waals surface area contributed by atoms with Crippen molar-refractivity contribution < 1.29 is 4.74 Å². The van der Waals surface area contributed by atoms with Crippen LogP contribution in [0.3, 0.4) is 0 Å². The van der Waals surface area contributed by atoms with Crippen LogP contribution in [-0.4, -0.2) is 38.2 Å². The first-order valence-electron chi connectivity index (χ1n) is 7.74. The highest BCUT2D eigenvalue weighted by molar-refractivity contribution is 5.29. The lowest BCUT2D eigenvalue weighted by Crippen LogP contribution is -2.43. The van der Waals surface area contributed by atoms with Crippen LogP contribution in [0.4, 0.5) is 0 Å². The lowest BCUT2D eigenvalue weighted by molar-refractivity contribution is 0.174. The van der Waals surface area contributed by atoms with E-state index in [1.165, 1.54) is 24.9 Å². The van der Waals surface area contributed by atoms with Crippen molar-refractivity contribution in [1.29, 1.82) is 0 Å². The highest BCUT2D eigenvalue weighted by atomic mass is 16.5. The Morgan fingerprint density at radius 1 is 1.30 bits per heavy atom. The fraction of sp³-hybridized carbons (Fsp3) is 0.647. The van der Waals surface area contributed by atoms with Gasteiger partial charge in [0.05, 0.1) is 7.11 Å². The molecule has 112 valence electrons. The Kier molecular flexibility index (Phi) is 5.44. The van der Waals surface area contributed by atoms with Crippen molar-refractivity contribution in [3.8, 4) is 5.75 Å². The van der Waals surface area contributed by atoms with Crippen LogP contribution in [-0.2, 0) is 0 Å². The zero-order valence-electron chi connectivity index (χ0n) is 13.2. The first-order chi connectivity index (χ1) is 9.69. The number of likely N-dealkylation sites (N-methyl/N-ethyl adjacent to an activating group) is 2. The summed E-state index contributed by atoms with van der Waals surface area (Å²) in [7, 11) is 3.76. The van der Waals surface area contributed by atoms with Crippen LogP contribution in [0.25, 0.3) is 0 Å². The molecule has 2 unspecified atom stereocenters. The third-order valence-corrected chi connectivity index (χ3v) is 4.44. The largest absolute Gasteiger partial charge is 0.497 e. The average molecular weight is 276 g/mol. The fourth-order valence-corrected chi connectivity index (χ4v) is 2.92. The molecule has 20 heavy (non-hydrogen) atoms. The van der Waals surface area contributed by atoms with Gasteiger partial charge in [-0.25, -0.2) is 0 Å². The van der Waals surface area contributed by atoms with Gasteiger partial charge in [-0.3, -0.25) is 4.90 Å². The van der Waals surface area contributed by atoms with Gasteiger partial charge in [-0.15, -0.1) is 0 Å². The normalized spacial score (nSPS) is 18.1. The molecule has 0 radical (unpaired) electrons. The molecule has 3 heteroatoms. The van der Waals surface area contributed by atoms with E-state index in [0.717, 1.165) is 18.2 Å². The number of hydrogen-bond donors (Lipinski definition) is 1. The quantitative estimate of drug-likeness (QED) is 0.789. The van der Waals surface area contributed by atoms with Crippen molar-refractivity contribution in [2.24, 2.45) is 5.92 Å². The van der Waals surface area contributed by atoms with Crippen molar-refractivity contribution in [1.82, 2.24) is 10.2 Å². The number of benzene rings is 1. The van der Waals surface area contributed by atoms with Crippen LogP contribution in [0.1, 0.15) is 38.3 Å².